The number of aliphatic hydroxyl groups is 2. The summed E-state index contributed by atoms with van der Waals surface area (Å²) in [6.45, 7) is 0.551. The predicted octanol–water partition coefficient (Wildman–Crippen LogP) is 4.84. The monoisotopic (exact) mass is 582 g/mol. The number of anilines is 1. The molecular weight excluding hydrogens is 543 g/mol. The van der Waals surface area contributed by atoms with Crippen LogP contribution in [0.3, 0.4) is 0 Å². The van der Waals surface area contributed by atoms with Crippen LogP contribution < -0.4 is 9.62 Å². The van der Waals surface area contributed by atoms with Crippen LogP contribution in [0.25, 0.3) is 0 Å². The molecule has 3 aromatic carbocycles. The Morgan fingerprint density at radius 1 is 0.902 bits per heavy atom. The summed E-state index contributed by atoms with van der Waals surface area (Å²) < 4.78 is 38.2. The fourth-order valence-electron chi connectivity index (χ4n) is 5.39. The molecule has 3 atom stereocenters. The van der Waals surface area contributed by atoms with Gasteiger partial charge in [-0.15, -0.1) is 0 Å². The van der Waals surface area contributed by atoms with E-state index in [1.54, 1.807) is 12.1 Å². The number of benzene rings is 3. The van der Waals surface area contributed by atoms with E-state index in [0.717, 1.165) is 54.3 Å². The molecule has 3 aromatic rings. The van der Waals surface area contributed by atoms with Crippen molar-refractivity contribution < 1.29 is 27.8 Å². The summed E-state index contributed by atoms with van der Waals surface area (Å²) in [7, 11) is -3.18. The Balaban J connectivity index is 1.45. The number of β-lactam (4-membered cyclic amide) rings is 1. The number of amides is 1. The molecule has 1 amide bonds. The van der Waals surface area contributed by atoms with Crippen LogP contribution in [0.1, 0.15) is 66.5 Å². The van der Waals surface area contributed by atoms with E-state index in [1.165, 1.54) is 12.1 Å². The van der Waals surface area contributed by atoms with Gasteiger partial charge in [0.25, 0.3) is 0 Å². The fraction of sp³-hybridized carbons (Fsp3) is 0.406. The Hall–Kier alpha value is -3.11. The number of carbonyl (C=O) groups excluding carboxylic acids is 1. The molecule has 1 aliphatic rings. The van der Waals surface area contributed by atoms with Crippen LogP contribution in [-0.4, -0.2) is 43.9 Å². The standard InChI is InChI=1S/C32H39FN2O5S/c1-41(39,40)34-21-3-2-5-23-9-17-28(18-10-23)35-31(26-11-7-24(8-12-26)6-4-22-36)29(32(35)38)19-20-30(37)25-13-15-27(33)16-14-25/h7-18,29-31,34,36-37H,2-6,19-22H2,1H3/t29-,30+,31-/m1/s1. The molecule has 7 nitrogen and oxygen atoms in total. The van der Waals surface area contributed by atoms with Crippen LogP contribution in [-0.2, 0) is 27.7 Å². The van der Waals surface area contributed by atoms with Crippen LogP contribution in [0.15, 0.2) is 72.8 Å². The van der Waals surface area contributed by atoms with E-state index in [4.69, 9.17) is 5.11 Å². The van der Waals surface area contributed by atoms with Gasteiger partial charge in [0.1, 0.15) is 5.82 Å². The minimum absolute atomic E-state index is 0.00487. The molecule has 0 aromatic heterocycles. The number of hydrogen-bond acceptors (Lipinski definition) is 5. The maximum Gasteiger partial charge on any atom is 0.233 e. The normalized spacial score (nSPS) is 17.9. The van der Waals surface area contributed by atoms with Crippen molar-refractivity contribution in [3.8, 4) is 0 Å². The zero-order chi connectivity index (χ0) is 29.4. The zero-order valence-corrected chi connectivity index (χ0v) is 24.2. The zero-order valence-electron chi connectivity index (χ0n) is 23.4. The Labute approximate surface area is 242 Å². The molecule has 0 spiro atoms. The van der Waals surface area contributed by atoms with Crippen molar-refractivity contribution >= 4 is 21.6 Å². The lowest BCUT2D eigenvalue weighted by atomic mass is 9.78. The lowest BCUT2D eigenvalue weighted by Gasteiger charge is -2.48. The average Bonchev–Trinajstić information content (AvgIpc) is 2.95. The number of sulfonamides is 1. The van der Waals surface area contributed by atoms with Crippen molar-refractivity contribution in [3.05, 3.63) is 101 Å². The van der Waals surface area contributed by atoms with E-state index in [9.17, 15) is 22.7 Å². The maximum absolute atomic E-state index is 13.5. The minimum Gasteiger partial charge on any atom is -0.396 e. The number of rotatable bonds is 15. The highest BCUT2D eigenvalue weighted by molar-refractivity contribution is 7.88. The fourth-order valence-corrected chi connectivity index (χ4v) is 5.90. The molecule has 220 valence electrons. The lowest BCUT2D eigenvalue weighted by molar-refractivity contribution is -0.131. The quantitative estimate of drug-likeness (QED) is 0.176. The smallest absolute Gasteiger partial charge is 0.233 e. The van der Waals surface area contributed by atoms with Gasteiger partial charge in [-0.25, -0.2) is 17.5 Å². The van der Waals surface area contributed by atoms with Gasteiger partial charge in [0.05, 0.1) is 24.3 Å². The highest BCUT2D eigenvalue weighted by Crippen LogP contribution is 2.46. The molecular formula is C32H39FN2O5S. The van der Waals surface area contributed by atoms with Gasteiger partial charge < -0.3 is 15.1 Å². The van der Waals surface area contributed by atoms with E-state index in [0.29, 0.717) is 31.4 Å². The third-order valence-corrected chi connectivity index (χ3v) is 8.36. The third-order valence-electron chi connectivity index (χ3n) is 7.64. The Bertz CT molecular complexity index is 1380. The van der Waals surface area contributed by atoms with Crippen LogP contribution in [0.2, 0.25) is 0 Å². The predicted molar refractivity (Wildman–Crippen MR) is 158 cm³/mol. The second-order valence-electron chi connectivity index (χ2n) is 10.8. The first-order valence-corrected chi connectivity index (χ1v) is 16.1. The van der Waals surface area contributed by atoms with Crippen molar-refractivity contribution in [1.82, 2.24) is 4.72 Å². The molecule has 0 unspecified atom stereocenters. The molecule has 0 saturated carbocycles. The summed E-state index contributed by atoms with van der Waals surface area (Å²) in [6, 6.07) is 21.7. The summed E-state index contributed by atoms with van der Waals surface area (Å²) in [5.74, 6) is -0.649. The van der Waals surface area contributed by atoms with Crippen molar-refractivity contribution in [2.45, 2.75) is 57.1 Å². The van der Waals surface area contributed by atoms with Crippen LogP contribution in [0.5, 0.6) is 0 Å². The minimum atomic E-state index is -3.18. The van der Waals surface area contributed by atoms with Gasteiger partial charge in [0.15, 0.2) is 0 Å². The first kappa shape index (κ1) is 30.8. The van der Waals surface area contributed by atoms with Gasteiger partial charge in [0, 0.05) is 18.8 Å². The summed E-state index contributed by atoms with van der Waals surface area (Å²) in [5.41, 5.74) is 4.69. The topological polar surface area (TPSA) is 107 Å². The van der Waals surface area contributed by atoms with E-state index in [1.807, 2.05) is 53.4 Å². The molecule has 1 saturated heterocycles. The first-order valence-electron chi connectivity index (χ1n) is 14.2. The van der Waals surface area contributed by atoms with E-state index >= 15 is 0 Å². The first-order chi connectivity index (χ1) is 19.7. The maximum atomic E-state index is 13.5. The number of nitrogens with zero attached hydrogens (tertiary/aromatic N) is 1. The number of carbonyl (C=O) groups is 1. The lowest BCUT2D eigenvalue weighted by Crippen LogP contribution is -2.55. The second-order valence-corrected chi connectivity index (χ2v) is 12.6. The van der Waals surface area contributed by atoms with Crippen LogP contribution in [0.4, 0.5) is 10.1 Å². The molecule has 9 heteroatoms. The van der Waals surface area contributed by atoms with Crippen molar-refractivity contribution in [1.29, 1.82) is 0 Å². The highest BCUT2D eigenvalue weighted by Gasteiger charge is 2.48. The Kier molecular flexibility index (Phi) is 10.7. The third kappa shape index (κ3) is 8.45. The van der Waals surface area contributed by atoms with Gasteiger partial charge in [-0.2, -0.15) is 0 Å². The Morgan fingerprint density at radius 2 is 1.51 bits per heavy atom. The molecule has 4 rings (SSSR count). The van der Waals surface area contributed by atoms with Crippen molar-refractivity contribution in [2.75, 3.05) is 24.3 Å². The van der Waals surface area contributed by atoms with E-state index < -0.39 is 16.1 Å². The average molecular weight is 583 g/mol. The number of aliphatic hydroxyl groups excluding tert-OH is 2. The molecule has 1 heterocycles. The van der Waals surface area contributed by atoms with Gasteiger partial charge in [0.2, 0.25) is 15.9 Å². The number of unbranched alkanes of at least 4 members (excludes halogenated alkanes) is 1. The van der Waals surface area contributed by atoms with Gasteiger partial charge in [-0.05, 0) is 91.5 Å². The summed E-state index contributed by atoms with van der Waals surface area (Å²) in [4.78, 5) is 15.3. The van der Waals surface area contributed by atoms with Crippen molar-refractivity contribution in [2.24, 2.45) is 5.92 Å². The van der Waals surface area contributed by atoms with Crippen molar-refractivity contribution in [3.63, 3.8) is 0 Å². The molecule has 3 N–H and O–H groups in total. The van der Waals surface area contributed by atoms with Crippen LogP contribution >= 0.6 is 0 Å². The van der Waals surface area contributed by atoms with E-state index in [2.05, 4.69) is 4.72 Å². The summed E-state index contributed by atoms with van der Waals surface area (Å²) >= 11 is 0. The molecule has 0 bridgehead atoms. The molecule has 0 aliphatic carbocycles. The summed E-state index contributed by atoms with van der Waals surface area (Å²) in [5, 5.41) is 19.9. The SMILES string of the molecule is CS(=O)(=O)NCCCCc1ccc(N2C(=O)[C@H](CC[C@H](O)c3ccc(F)cc3)[C@H]2c2ccc(CCCO)cc2)cc1. The molecule has 41 heavy (non-hydrogen) atoms. The van der Waals surface area contributed by atoms with Gasteiger partial charge >= 0.3 is 0 Å². The second kappa shape index (κ2) is 14.2. The highest BCUT2D eigenvalue weighted by atomic mass is 32.2. The molecule has 0 radical (unpaired) electrons. The summed E-state index contributed by atoms with van der Waals surface area (Å²) in [6.07, 6.45) is 5.10. The number of halogens is 1. The van der Waals surface area contributed by atoms with Gasteiger partial charge in [-0.1, -0.05) is 48.5 Å². The van der Waals surface area contributed by atoms with Gasteiger partial charge in [-0.3, -0.25) is 4.79 Å². The number of aryl methyl sites for hydroxylation is 2. The molecule has 1 aliphatic heterocycles. The largest absolute Gasteiger partial charge is 0.396 e. The number of hydrogen-bond donors (Lipinski definition) is 3. The number of nitrogens with one attached hydrogen (secondary N) is 1. The van der Waals surface area contributed by atoms with Crippen LogP contribution in [0, 0.1) is 11.7 Å². The Morgan fingerprint density at radius 3 is 2.12 bits per heavy atom. The van der Waals surface area contributed by atoms with E-state index in [-0.39, 0.29) is 30.3 Å². The molecule has 1 fully saturated rings.